The average Bonchev–Trinajstić information content (AvgIpc) is 2.34. The van der Waals surface area contributed by atoms with Crippen molar-refractivity contribution in [3.05, 3.63) is 35.9 Å². The van der Waals surface area contributed by atoms with Crippen molar-refractivity contribution in [3.8, 4) is 0 Å². The molecule has 0 aliphatic rings. The lowest BCUT2D eigenvalue weighted by molar-refractivity contribution is -0.142. The second-order valence-corrected chi connectivity index (χ2v) is 3.64. The first-order valence-electron chi connectivity index (χ1n) is 5.29. The van der Waals surface area contributed by atoms with Crippen LogP contribution in [0.3, 0.4) is 0 Å². The lowest BCUT2D eigenvalue weighted by Crippen LogP contribution is -2.33. The zero-order chi connectivity index (χ0) is 13.5. The quantitative estimate of drug-likeness (QED) is 0.693. The Labute approximate surface area is 103 Å². The van der Waals surface area contributed by atoms with E-state index in [4.69, 9.17) is 10.2 Å². The highest BCUT2D eigenvalue weighted by Gasteiger charge is 2.21. The number of carbonyl (C=O) groups excluding carboxylic acids is 1. The molecule has 0 aromatic heterocycles. The van der Waals surface area contributed by atoms with Gasteiger partial charge in [-0.3, -0.25) is 9.59 Å². The van der Waals surface area contributed by atoms with Crippen molar-refractivity contribution < 1.29 is 24.6 Å². The lowest BCUT2D eigenvalue weighted by Gasteiger charge is -2.14. The van der Waals surface area contributed by atoms with E-state index in [1.165, 1.54) is 0 Å². The Balaban J connectivity index is 2.67. The van der Waals surface area contributed by atoms with Crippen molar-refractivity contribution in [1.82, 2.24) is 5.32 Å². The summed E-state index contributed by atoms with van der Waals surface area (Å²) in [5, 5.41) is 19.7. The predicted octanol–water partition coefficient (Wildman–Crippen LogP) is 0.793. The molecule has 1 aromatic rings. The summed E-state index contributed by atoms with van der Waals surface area (Å²) >= 11 is 0. The minimum atomic E-state index is -1.19. The van der Waals surface area contributed by atoms with E-state index in [0.29, 0.717) is 5.56 Å². The van der Waals surface area contributed by atoms with Crippen LogP contribution < -0.4 is 5.32 Å². The van der Waals surface area contributed by atoms with E-state index in [2.05, 4.69) is 5.32 Å². The number of hydrogen-bond acceptors (Lipinski definition) is 3. The average molecular weight is 251 g/mol. The molecular formula is C12H13NO5. The maximum atomic E-state index is 11.4. The first-order chi connectivity index (χ1) is 8.50. The maximum absolute atomic E-state index is 11.4. The smallest absolute Gasteiger partial charge is 0.330 e. The third kappa shape index (κ3) is 4.25. The van der Waals surface area contributed by atoms with Crippen molar-refractivity contribution in [1.29, 1.82) is 0 Å². The molecular weight excluding hydrogens is 238 g/mol. The first kappa shape index (κ1) is 13.7. The van der Waals surface area contributed by atoms with Crippen LogP contribution >= 0.6 is 0 Å². The Bertz CT molecular complexity index is 443. The number of rotatable bonds is 6. The second-order valence-electron chi connectivity index (χ2n) is 3.64. The molecule has 1 aromatic carbocycles. The molecule has 96 valence electrons. The summed E-state index contributed by atoms with van der Waals surface area (Å²) in [4.78, 5) is 32.7. The van der Waals surface area contributed by atoms with E-state index in [1.54, 1.807) is 30.3 Å². The van der Waals surface area contributed by atoms with Gasteiger partial charge in [-0.05, 0) is 5.56 Å². The zero-order valence-electron chi connectivity index (χ0n) is 9.50. The minimum absolute atomic E-state index is 0.244. The standard InChI is InChI=1S/C12H13NO5/c14-9(6-7-10(15)16)13-11(12(17)18)8-4-2-1-3-5-8/h1-5,11H,6-7H2,(H,13,14)(H,15,16)(H,17,18). The maximum Gasteiger partial charge on any atom is 0.330 e. The molecule has 0 radical (unpaired) electrons. The second kappa shape index (κ2) is 6.39. The van der Waals surface area contributed by atoms with Crippen molar-refractivity contribution in [3.63, 3.8) is 0 Å². The van der Waals surface area contributed by atoms with Gasteiger partial charge >= 0.3 is 11.9 Å². The molecule has 0 spiro atoms. The highest BCUT2D eigenvalue weighted by molar-refractivity contribution is 5.86. The fourth-order valence-electron chi connectivity index (χ4n) is 1.39. The van der Waals surface area contributed by atoms with Gasteiger partial charge in [0.15, 0.2) is 6.04 Å². The zero-order valence-corrected chi connectivity index (χ0v) is 9.50. The Hall–Kier alpha value is -2.37. The number of carboxylic acids is 2. The summed E-state index contributed by atoms with van der Waals surface area (Å²) in [6, 6.07) is 7.05. The molecule has 18 heavy (non-hydrogen) atoms. The van der Waals surface area contributed by atoms with Gasteiger partial charge in [-0.25, -0.2) is 4.79 Å². The molecule has 0 heterocycles. The van der Waals surface area contributed by atoms with E-state index >= 15 is 0 Å². The van der Waals surface area contributed by atoms with Gasteiger partial charge in [0.05, 0.1) is 6.42 Å². The topological polar surface area (TPSA) is 104 Å². The molecule has 1 rings (SSSR count). The number of hydrogen-bond donors (Lipinski definition) is 3. The summed E-state index contributed by atoms with van der Waals surface area (Å²) in [5.41, 5.74) is 0.439. The Kier molecular flexibility index (Phi) is 4.86. The highest BCUT2D eigenvalue weighted by Crippen LogP contribution is 2.12. The Morgan fingerprint density at radius 2 is 1.67 bits per heavy atom. The molecule has 1 amide bonds. The number of benzene rings is 1. The van der Waals surface area contributed by atoms with E-state index in [-0.39, 0.29) is 12.8 Å². The number of amides is 1. The van der Waals surface area contributed by atoms with Gasteiger partial charge in [0.2, 0.25) is 5.91 Å². The van der Waals surface area contributed by atoms with Gasteiger partial charge in [0.25, 0.3) is 0 Å². The van der Waals surface area contributed by atoms with Crippen LogP contribution in [0.25, 0.3) is 0 Å². The van der Waals surface area contributed by atoms with Gasteiger partial charge in [-0.1, -0.05) is 30.3 Å². The third-order valence-electron chi connectivity index (χ3n) is 2.25. The van der Waals surface area contributed by atoms with Crippen molar-refractivity contribution in [2.75, 3.05) is 0 Å². The molecule has 1 unspecified atom stereocenters. The molecule has 6 nitrogen and oxygen atoms in total. The van der Waals surface area contributed by atoms with Crippen molar-refractivity contribution >= 4 is 17.8 Å². The third-order valence-corrected chi connectivity index (χ3v) is 2.25. The van der Waals surface area contributed by atoms with Gasteiger partial charge in [0.1, 0.15) is 0 Å². The number of carboxylic acid groups (broad SMARTS) is 2. The summed E-state index contributed by atoms with van der Waals surface area (Å²) < 4.78 is 0. The van der Waals surface area contributed by atoms with Crippen LogP contribution in [0.4, 0.5) is 0 Å². The minimum Gasteiger partial charge on any atom is -0.481 e. The van der Waals surface area contributed by atoms with Crippen LogP contribution in [0.15, 0.2) is 30.3 Å². The molecule has 0 saturated heterocycles. The molecule has 3 N–H and O–H groups in total. The van der Waals surface area contributed by atoms with E-state index in [1.807, 2.05) is 0 Å². The highest BCUT2D eigenvalue weighted by atomic mass is 16.4. The van der Waals surface area contributed by atoms with Crippen LogP contribution in [0.5, 0.6) is 0 Å². The largest absolute Gasteiger partial charge is 0.481 e. The van der Waals surface area contributed by atoms with Crippen molar-refractivity contribution in [2.45, 2.75) is 18.9 Å². The summed E-state index contributed by atoms with van der Waals surface area (Å²) in [6.45, 7) is 0. The number of aliphatic carboxylic acids is 2. The molecule has 6 heteroatoms. The molecule has 1 atom stereocenters. The van der Waals surface area contributed by atoms with E-state index in [0.717, 1.165) is 0 Å². The Morgan fingerprint density at radius 1 is 1.06 bits per heavy atom. The molecule has 0 aliphatic carbocycles. The molecule has 0 bridgehead atoms. The molecule has 0 aliphatic heterocycles. The summed E-state index contributed by atoms with van der Waals surface area (Å²) in [5.74, 6) is -2.89. The van der Waals surface area contributed by atoms with Crippen LogP contribution in [-0.2, 0) is 14.4 Å². The first-order valence-corrected chi connectivity index (χ1v) is 5.29. The molecule has 0 fully saturated rings. The van der Waals surface area contributed by atoms with Crippen LogP contribution in [-0.4, -0.2) is 28.1 Å². The fourth-order valence-corrected chi connectivity index (χ4v) is 1.39. The van der Waals surface area contributed by atoms with Crippen LogP contribution in [0.1, 0.15) is 24.4 Å². The van der Waals surface area contributed by atoms with Crippen molar-refractivity contribution in [2.24, 2.45) is 0 Å². The van der Waals surface area contributed by atoms with Gasteiger partial charge in [-0.15, -0.1) is 0 Å². The van der Waals surface area contributed by atoms with E-state index in [9.17, 15) is 14.4 Å². The summed E-state index contributed by atoms with van der Waals surface area (Å²) in [7, 11) is 0. The van der Waals surface area contributed by atoms with Gasteiger partial charge < -0.3 is 15.5 Å². The SMILES string of the molecule is O=C(O)CCC(=O)NC(C(=O)O)c1ccccc1. The van der Waals surface area contributed by atoms with Gasteiger partial charge in [0, 0.05) is 6.42 Å². The fraction of sp³-hybridized carbons (Fsp3) is 0.250. The predicted molar refractivity (Wildman–Crippen MR) is 61.8 cm³/mol. The number of nitrogens with one attached hydrogen (secondary N) is 1. The van der Waals surface area contributed by atoms with Crippen LogP contribution in [0, 0.1) is 0 Å². The molecule has 0 saturated carbocycles. The summed E-state index contributed by atoms with van der Waals surface area (Å²) in [6.07, 6.45) is -0.571. The number of carbonyl (C=O) groups is 3. The van der Waals surface area contributed by atoms with Crippen LogP contribution in [0.2, 0.25) is 0 Å². The van der Waals surface area contributed by atoms with E-state index < -0.39 is 23.9 Å². The normalized spacial score (nSPS) is 11.6. The lowest BCUT2D eigenvalue weighted by atomic mass is 10.1. The Morgan fingerprint density at radius 3 is 2.17 bits per heavy atom. The monoisotopic (exact) mass is 251 g/mol. The van der Waals surface area contributed by atoms with Gasteiger partial charge in [-0.2, -0.15) is 0 Å².